The topological polar surface area (TPSA) is 57.8 Å². The number of benzene rings is 3. The van der Waals surface area contributed by atoms with Crippen molar-refractivity contribution >= 4 is 16.9 Å². The van der Waals surface area contributed by atoms with Crippen LogP contribution in [0.3, 0.4) is 0 Å². The van der Waals surface area contributed by atoms with Gasteiger partial charge in [-0.05, 0) is 42.2 Å². The van der Waals surface area contributed by atoms with E-state index in [0.29, 0.717) is 6.54 Å². The van der Waals surface area contributed by atoms with Crippen molar-refractivity contribution in [3.8, 4) is 0 Å². The van der Waals surface area contributed by atoms with Crippen molar-refractivity contribution in [3.63, 3.8) is 0 Å². The molecule has 0 bridgehead atoms. The van der Waals surface area contributed by atoms with Crippen molar-refractivity contribution in [2.45, 2.75) is 19.3 Å². The largest absolute Gasteiger partial charge is 0.352 e. The standard InChI is InChI=1S/C24H23N3O/c28-24(20-12-5-4-11-19(20)17-18-9-2-1-3-10-18)25-16-8-15-23-26-21-13-6-7-14-22(21)27-23/h1-7,9-14H,8,15-17H2,(H,25,28)(H,26,27). The number of H-pyrrole nitrogens is 1. The highest BCUT2D eigenvalue weighted by Crippen LogP contribution is 2.15. The molecule has 4 nitrogen and oxygen atoms in total. The number of aryl methyl sites for hydroxylation is 1. The van der Waals surface area contributed by atoms with Gasteiger partial charge in [0, 0.05) is 18.5 Å². The highest BCUT2D eigenvalue weighted by atomic mass is 16.1. The fourth-order valence-corrected chi connectivity index (χ4v) is 3.39. The van der Waals surface area contributed by atoms with Crippen molar-refractivity contribution in [3.05, 3.63) is 101 Å². The predicted molar refractivity (Wildman–Crippen MR) is 112 cm³/mol. The van der Waals surface area contributed by atoms with Gasteiger partial charge in [0.1, 0.15) is 5.82 Å². The quantitative estimate of drug-likeness (QED) is 0.471. The molecular formula is C24H23N3O. The van der Waals surface area contributed by atoms with E-state index in [2.05, 4.69) is 27.4 Å². The summed E-state index contributed by atoms with van der Waals surface area (Å²) in [4.78, 5) is 20.6. The molecular weight excluding hydrogens is 346 g/mol. The highest BCUT2D eigenvalue weighted by Gasteiger charge is 2.11. The number of carbonyl (C=O) groups excluding carboxylic acids is 1. The van der Waals surface area contributed by atoms with Crippen LogP contribution in [0.15, 0.2) is 78.9 Å². The third kappa shape index (κ3) is 4.29. The van der Waals surface area contributed by atoms with E-state index < -0.39 is 0 Å². The Labute approximate surface area is 164 Å². The minimum atomic E-state index is -0.0175. The molecule has 2 N–H and O–H groups in total. The molecule has 0 aliphatic heterocycles. The molecule has 0 aliphatic carbocycles. The minimum Gasteiger partial charge on any atom is -0.352 e. The number of aromatic amines is 1. The number of hydrogen-bond acceptors (Lipinski definition) is 2. The van der Waals surface area contributed by atoms with Crippen LogP contribution < -0.4 is 5.32 Å². The molecule has 140 valence electrons. The number of para-hydroxylation sites is 2. The summed E-state index contributed by atoms with van der Waals surface area (Å²) in [6.07, 6.45) is 2.40. The van der Waals surface area contributed by atoms with Crippen LogP contribution in [-0.2, 0) is 12.8 Å². The molecule has 0 atom stereocenters. The molecule has 28 heavy (non-hydrogen) atoms. The van der Waals surface area contributed by atoms with Gasteiger partial charge < -0.3 is 10.3 Å². The molecule has 1 aromatic heterocycles. The molecule has 3 aromatic carbocycles. The number of carbonyl (C=O) groups is 1. The Balaban J connectivity index is 1.33. The average molecular weight is 369 g/mol. The lowest BCUT2D eigenvalue weighted by molar-refractivity contribution is 0.0952. The molecule has 4 rings (SSSR count). The third-order valence-corrected chi connectivity index (χ3v) is 4.81. The van der Waals surface area contributed by atoms with E-state index in [0.717, 1.165) is 47.2 Å². The van der Waals surface area contributed by atoms with Crippen LogP contribution >= 0.6 is 0 Å². The normalized spacial score (nSPS) is 10.9. The van der Waals surface area contributed by atoms with Gasteiger partial charge in [0.2, 0.25) is 0 Å². The Bertz CT molecular complexity index is 1040. The Morgan fingerprint density at radius 3 is 2.50 bits per heavy atom. The lowest BCUT2D eigenvalue weighted by atomic mass is 9.99. The van der Waals surface area contributed by atoms with Crippen molar-refractivity contribution in [1.29, 1.82) is 0 Å². The molecule has 0 fully saturated rings. The van der Waals surface area contributed by atoms with Crippen LogP contribution in [0.2, 0.25) is 0 Å². The first kappa shape index (κ1) is 18.0. The van der Waals surface area contributed by atoms with Crippen LogP contribution in [0.4, 0.5) is 0 Å². The number of aromatic nitrogens is 2. The molecule has 0 unspecified atom stereocenters. The molecule has 0 aliphatic rings. The predicted octanol–water partition coefficient (Wildman–Crippen LogP) is 4.52. The SMILES string of the molecule is O=C(NCCCc1nc2ccccc2[nH]1)c1ccccc1Cc1ccccc1. The number of rotatable bonds is 7. The molecule has 4 aromatic rings. The first-order chi connectivity index (χ1) is 13.8. The minimum absolute atomic E-state index is 0.0175. The van der Waals surface area contributed by atoms with Gasteiger partial charge in [-0.15, -0.1) is 0 Å². The third-order valence-electron chi connectivity index (χ3n) is 4.81. The van der Waals surface area contributed by atoms with E-state index in [1.807, 2.05) is 66.7 Å². The summed E-state index contributed by atoms with van der Waals surface area (Å²) in [5, 5.41) is 3.05. The van der Waals surface area contributed by atoms with Gasteiger partial charge in [-0.1, -0.05) is 60.7 Å². The maximum absolute atomic E-state index is 12.7. The highest BCUT2D eigenvalue weighted by molar-refractivity contribution is 5.95. The number of imidazole rings is 1. The second-order valence-electron chi connectivity index (χ2n) is 6.88. The van der Waals surface area contributed by atoms with Crippen molar-refractivity contribution < 1.29 is 4.79 Å². The van der Waals surface area contributed by atoms with Gasteiger partial charge in [-0.3, -0.25) is 4.79 Å². The number of hydrogen-bond donors (Lipinski definition) is 2. The maximum Gasteiger partial charge on any atom is 0.251 e. The summed E-state index contributed by atoms with van der Waals surface area (Å²) in [6, 6.07) is 26.0. The van der Waals surface area contributed by atoms with Gasteiger partial charge in [0.15, 0.2) is 0 Å². The van der Waals surface area contributed by atoms with Crippen LogP contribution in [0.25, 0.3) is 11.0 Å². The van der Waals surface area contributed by atoms with E-state index in [-0.39, 0.29) is 5.91 Å². The van der Waals surface area contributed by atoms with Crippen LogP contribution in [0, 0.1) is 0 Å². The Morgan fingerprint density at radius 2 is 1.64 bits per heavy atom. The number of amides is 1. The Hall–Kier alpha value is -3.40. The van der Waals surface area contributed by atoms with Crippen LogP contribution in [0.5, 0.6) is 0 Å². The summed E-state index contributed by atoms with van der Waals surface area (Å²) in [6.45, 7) is 0.621. The van der Waals surface area contributed by atoms with E-state index in [1.54, 1.807) is 0 Å². The molecule has 1 heterocycles. The Morgan fingerprint density at radius 1 is 0.893 bits per heavy atom. The van der Waals surface area contributed by atoms with Gasteiger partial charge in [0.05, 0.1) is 11.0 Å². The van der Waals surface area contributed by atoms with Gasteiger partial charge >= 0.3 is 0 Å². The molecule has 0 radical (unpaired) electrons. The van der Waals surface area contributed by atoms with Crippen molar-refractivity contribution in [1.82, 2.24) is 15.3 Å². The Kier molecular flexibility index (Phi) is 5.48. The maximum atomic E-state index is 12.7. The number of nitrogens with zero attached hydrogens (tertiary/aromatic N) is 1. The zero-order chi connectivity index (χ0) is 19.2. The van der Waals surface area contributed by atoms with Gasteiger partial charge in [0.25, 0.3) is 5.91 Å². The summed E-state index contributed by atoms with van der Waals surface area (Å²) >= 11 is 0. The monoisotopic (exact) mass is 369 g/mol. The van der Waals surface area contributed by atoms with Crippen LogP contribution in [-0.4, -0.2) is 22.4 Å². The number of fused-ring (bicyclic) bond motifs is 1. The van der Waals surface area contributed by atoms with Crippen molar-refractivity contribution in [2.75, 3.05) is 6.54 Å². The second-order valence-corrected chi connectivity index (χ2v) is 6.88. The van der Waals surface area contributed by atoms with E-state index in [9.17, 15) is 4.79 Å². The van der Waals surface area contributed by atoms with E-state index in [4.69, 9.17) is 0 Å². The van der Waals surface area contributed by atoms with Gasteiger partial charge in [-0.25, -0.2) is 4.98 Å². The molecule has 0 saturated carbocycles. The second kappa shape index (κ2) is 8.53. The number of nitrogens with one attached hydrogen (secondary N) is 2. The average Bonchev–Trinajstić information content (AvgIpc) is 3.15. The fraction of sp³-hybridized carbons (Fsp3) is 0.167. The lowest BCUT2D eigenvalue weighted by Gasteiger charge is -2.10. The smallest absolute Gasteiger partial charge is 0.251 e. The van der Waals surface area contributed by atoms with Crippen LogP contribution in [0.1, 0.15) is 33.7 Å². The molecule has 1 amide bonds. The zero-order valence-electron chi connectivity index (χ0n) is 15.7. The summed E-state index contributed by atoms with van der Waals surface area (Å²) in [5.41, 5.74) is 5.03. The molecule has 4 heteroatoms. The van der Waals surface area contributed by atoms with Crippen molar-refractivity contribution in [2.24, 2.45) is 0 Å². The zero-order valence-corrected chi connectivity index (χ0v) is 15.7. The molecule has 0 saturated heterocycles. The summed E-state index contributed by atoms with van der Waals surface area (Å²) in [7, 11) is 0. The van der Waals surface area contributed by atoms with Gasteiger partial charge in [-0.2, -0.15) is 0 Å². The first-order valence-corrected chi connectivity index (χ1v) is 9.63. The van der Waals surface area contributed by atoms with E-state index >= 15 is 0 Å². The summed E-state index contributed by atoms with van der Waals surface area (Å²) < 4.78 is 0. The fourth-order valence-electron chi connectivity index (χ4n) is 3.39. The summed E-state index contributed by atoms with van der Waals surface area (Å²) in [5.74, 6) is 0.941. The first-order valence-electron chi connectivity index (χ1n) is 9.63. The molecule has 0 spiro atoms. The lowest BCUT2D eigenvalue weighted by Crippen LogP contribution is -2.26. The van der Waals surface area contributed by atoms with E-state index in [1.165, 1.54) is 5.56 Å².